The predicted molar refractivity (Wildman–Crippen MR) is 63.6 cm³/mol. The third kappa shape index (κ3) is 2.19. The van der Waals surface area contributed by atoms with E-state index in [4.69, 9.17) is 5.73 Å². The Morgan fingerprint density at radius 1 is 1.56 bits per heavy atom. The van der Waals surface area contributed by atoms with Crippen LogP contribution in [0.4, 0.5) is 10.1 Å². The molecule has 1 aliphatic rings. The molecule has 1 amide bonds. The van der Waals surface area contributed by atoms with Crippen LogP contribution in [0.3, 0.4) is 0 Å². The first kappa shape index (κ1) is 11.4. The molecule has 1 fully saturated rings. The van der Waals surface area contributed by atoms with Crippen molar-refractivity contribution in [2.24, 2.45) is 0 Å². The van der Waals surface area contributed by atoms with Gasteiger partial charge in [0.05, 0.1) is 6.54 Å². The van der Waals surface area contributed by atoms with E-state index in [-0.39, 0.29) is 23.1 Å². The second kappa shape index (κ2) is 4.41. The molecule has 1 aromatic carbocycles. The number of hydrogen-bond acceptors (Lipinski definition) is 2. The number of amides is 1. The molecule has 1 unspecified atom stereocenters. The summed E-state index contributed by atoms with van der Waals surface area (Å²) < 4.78 is 13.5. The van der Waals surface area contributed by atoms with Gasteiger partial charge in [0.1, 0.15) is 5.82 Å². The van der Waals surface area contributed by atoms with Crippen molar-refractivity contribution in [2.75, 3.05) is 12.3 Å². The Hall–Kier alpha value is -1.10. The molecular weight excluding hydrogens is 275 g/mol. The number of likely N-dealkylation sites (tertiary alicyclic amines) is 1. The van der Waals surface area contributed by atoms with Crippen molar-refractivity contribution in [3.63, 3.8) is 0 Å². The molecule has 1 saturated heterocycles. The first-order valence-corrected chi connectivity index (χ1v) is 5.94. The van der Waals surface area contributed by atoms with E-state index >= 15 is 0 Å². The van der Waals surface area contributed by atoms with E-state index in [2.05, 4.69) is 15.9 Å². The number of nitrogens with two attached hydrogens (primary N) is 1. The van der Waals surface area contributed by atoms with Gasteiger partial charge >= 0.3 is 0 Å². The molecule has 0 spiro atoms. The fourth-order valence-electron chi connectivity index (χ4n) is 1.81. The molecule has 0 aliphatic carbocycles. The summed E-state index contributed by atoms with van der Waals surface area (Å²) in [5, 5.41) is 0. The fraction of sp³-hybridized carbons (Fsp3) is 0.364. The molecule has 2 N–H and O–H groups in total. The van der Waals surface area contributed by atoms with E-state index in [1.165, 1.54) is 6.07 Å². The van der Waals surface area contributed by atoms with Crippen LogP contribution in [-0.4, -0.2) is 22.2 Å². The van der Waals surface area contributed by atoms with Crippen LogP contribution in [0.5, 0.6) is 0 Å². The number of nitrogens with zero attached hydrogens (tertiary/aromatic N) is 1. The lowest BCUT2D eigenvalue weighted by molar-refractivity contribution is -0.128. The number of alkyl halides is 1. The van der Waals surface area contributed by atoms with Gasteiger partial charge in [0, 0.05) is 29.0 Å². The second-order valence-corrected chi connectivity index (χ2v) is 5.18. The molecule has 16 heavy (non-hydrogen) atoms. The van der Waals surface area contributed by atoms with Gasteiger partial charge in [-0.15, -0.1) is 0 Å². The predicted octanol–water partition coefficient (Wildman–Crippen LogP) is 1.90. The maximum atomic E-state index is 13.5. The van der Waals surface area contributed by atoms with E-state index in [0.717, 1.165) is 0 Å². The van der Waals surface area contributed by atoms with Crippen molar-refractivity contribution in [1.29, 1.82) is 0 Å². The Kier molecular flexibility index (Phi) is 3.14. The standard InChI is InChI=1S/C11H12BrFN2O/c12-7-4-11(16)15(5-7)6-8-9(13)2-1-3-10(8)14/h1-3,7H,4-6,14H2. The lowest BCUT2D eigenvalue weighted by Gasteiger charge is -2.17. The topological polar surface area (TPSA) is 46.3 Å². The van der Waals surface area contributed by atoms with Crippen molar-refractivity contribution >= 4 is 27.5 Å². The van der Waals surface area contributed by atoms with Crippen LogP contribution in [0, 0.1) is 5.82 Å². The Bertz CT molecular complexity index is 404. The summed E-state index contributed by atoms with van der Waals surface area (Å²) >= 11 is 3.38. The summed E-state index contributed by atoms with van der Waals surface area (Å²) in [4.78, 5) is 13.3. The van der Waals surface area contributed by atoms with Gasteiger partial charge in [-0.3, -0.25) is 4.79 Å². The van der Waals surface area contributed by atoms with Gasteiger partial charge in [-0.05, 0) is 12.1 Å². The van der Waals surface area contributed by atoms with Crippen molar-refractivity contribution < 1.29 is 9.18 Å². The minimum atomic E-state index is -0.356. The van der Waals surface area contributed by atoms with Gasteiger partial charge < -0.3 is 10.6 Å². The van der Waals surface area contributed by atoms with Crippen LogP contribution in [-0.2, 0) is 11.3 Å². The molecule has 0 radical (unpaired) electrons. The summed E-state index contributed by atoms with van der Waals surface area (Å²) in [5.74, 6) is -0.324. The largest absolute Gasteiger partial charge is 0.398 e. The van der Waals surface area contributed by atoms with Crippen molar-refractivity contribution in [2.45, 2.75) is 17.8 Å². The van der Waals surface area contributed by atoms with Crippen molar-refractivity contribution in [1.82, 2.24) is 4.90 Å². The summed E-state index contributed by atoms with van der Waals surface area (Å²) in [7, 11) is 0. The number of benzene rings is 1. The highest BCUT2D eigenvalue weighted by molar-refractivity contribution is 9.09. The van der Waals surface area contributed by atoms with E-state index < -0.39 is 0 Å². The zero-order valence-electron chi connectivity index (χ0n) is 8.62. The Balaban J connectivity index is 2.18. The van der Waals surface area contributed by atoms with E-state index in [1.807, 2.05) is 0 Å². The van der Waals surface area contributed by atoms with Crippen molar-refractivity contribution in [3.05, 3.63) is 29.6 Å². The SMILES string of the molecule is Nc1cccc(F)c1CN1CC(Br)CC1=O. The van der Waals surface area contributed by atoms with Crippen LogP contribution in [0.1, 0.15) is 12.0 Å². The molecule has 1 aromatic rings. The molecule has 1 aliphatic heterocycles. The van der Waals surface area contributed by atoms with Gasteiger partial charge in [0.25, 0.3) is 0 Å². The number of rotatable bonds is 2. The zero-order valence-corrected chi connectivity index (χ0v) is 10.2. The second-order valence-electron chi connectivity index (χ2n) is 3.88. The molecule has 86 valence electrons. The average molecular weight is 287 g/mol. The highest BCUT2D eigenvalue weighted by atomic mass is 79.9. The molecule has 0 saturated carbocycles. The zero-order chi connectivity index (χ0) is 11.7. The molecule has 3 nitrogen and oxygen atoms in total. The minimum absolute atomic E-state index is 0.0320. The number of hydrogen-bond donors (Lipinski definition) is 1. The van der Waals surface area contributed by atoms with Crippen LogP contribution in [0.15, 0.2) is 18.2 Å². The van der Waals surface area contributed by atoms with E-state index in [1.54, 1.807) is 17.0 Å². The number of carbonyl (C=O) groups is 1. The minimum Gasteiger partial charge on any atom is -0.398 e. The molecule has 1 atom stereocenters. The summed E-state index contributed by atoms with van der Waals surface area (Å²) in [5.41, 5.74) is 6.48. The summed E-state index contributed by atoms with van der Waals surface area (Å²) in [6.45, 7) is 0.853. The third-order valence-electron chi connectivity index (χ3n) is 2.67. The Morgan fingerprint density at radius 2 is 2.31 bits per heavy atom. The van der Waals surface area contributed by atoms with Crippen molar-refractivity contribution in [3.8, 4) is 0 Å². The first-order valence-electron chi connectivity index (χ1n) is 5.02. The van der Waals surface area contributed by atoms with Gasteiger partial charge in [-0.2, -0.15) is 0 Å². The van der Waals surface area contributed by atoms with Gasteiger partial charge in [0.15, 0.2) is 0 Å². The molecule has 5 heteroatoms. The maximum Gasteiger partial charge on any atom is 0.224 e. The van der Waals surface area contributed by atoms with Gasteiger partial charge in [-0.1, -0.05) is 22.0 Å². The number of nitrogen functional groups attached to an aromatic ring is 1. The molecule has 0 aromatic heterocycles. The number of halogens is 2. The monoisotopic (exact) mass is 286 g/mol. The Morgan fingerprint density at radius 3 is 2.88 bits per heavy atom. The molecule has 2 rings (SSSR count). The van der Waals surface area contributed by atoms with E-state index in [0.29, 0.717) is 24.2 Å². The lowest BCUT2D eigenvalue weighted by Crippen LogP contribution is -2.25. The van der Waals surface area contributed by atoms with Crippen LogP contribution < -0.4 is 5.73 Å². The third-order valence-corrected chi connectivity index (χ3v) is 3.28. The Labute approximate surface area is 102 Å². The highest BCUT2D eigenvalue weighted by Gasteiger charge is 2.28. The molecule has 1 heterocycles. The molecule has 0 bridgehead atoms. The van der Waals surface area contributed by atoms with Gasteiger partial charge in [0.2, 0.25) is 5.91 Å². The quantitative estimate of drug-likeness (QED) is 0.667. The lowest BCUT2D eigenvalue weighted by atomic mass is 10.1. The first-order chi connectivity index (χ1) is 7.58. The smallest absolute Gasteiger partial charge is 0.224 e. The highest BCUT2D eigenvalue weighted by Crippen LogP contribution is 2.23. The van der Waals surface area contributed by atoms with Crippen LogP contribution >= 0.6 is 15.9 Å². The summed E-state index contributed by atoms with van der Waals surface area (Å²) in [6, 6.07) is 4.57. The normalized spacial score (nSPS) is 20.5. The van der Waals surface area contributed by atoms with Gasteiger partial charge in [-0.25, -0.2) is 4.39 Å². The summed E-state index contributed by atoms with van der Waals surface area (Å²) in [6.07, 6.45) is 0.467. The van der Waals surface area contributed by atoms with E-state index in [9.17, 15) is 9.18 Å². The maximum absolute atomic E-state index is 13.5. The number of carbonyl (C=O) groups excluding carboxylic acids is 1. The molecular formula is C11H12BrFN2O. The van der Waals surface area contributed by atoms with Crippen LogP contribution in [0.25, 0.3) is 0 Å². The average Bonchev–Trinajstić information content (AvgIpc) is 2.51. The fourth-order valence-corrected chi connectivity index (χ4v) is 2.44. The number of anilines is 1. The van der Waals surface area contributed by atoms with Crippen LogP contribution in [0.2, 0.25) is 0 Å².